The monoisotopic (exact) mass is 1050 g/mol. The number of aliphatic hydroxyl groups excluding tert-OH is 1. The topological polar surface area (TPSA) is 484 Å². The van der Waals surface area contributed by atoms with E-state index in [-0.39, 0.29) is 38.2 Å². The highest BCUT2D eigenvalue weighted by Crippen LogP contribution is 2.11. The van der Waals surface area contributed by atoms with E-state index in [0.29, 0.717) is 30.6 Å². The van der Waals surface area contributed by atoms with Crippen LogP contribution < -0.4 is 65.1 Å². The van der Waals surface area contributed by atoms with Crippen LogP contribution in [-0.2, 0) is 60.8 Å². The van der Waals surface area contributed by atoms with Gasteiger partial charge in [-0.2, -0.15) is 0 Å². The lowest BCUT2D eigenvalue weighted by molar-refractivity contribution is -0.459. The number of carbonyl (C=O) groups is 10. The number of aliphatic hydroxyl groups is 1. The second-order valence-electron chi connectivity index (χ2n) is 17.9. The molecule has 7 amide bonds. The van der Waals surface area contributed by atoms with E-state index < -0.39 is 145 Å². The molecule has 0 unspecified atom stereocenters. The molecule has 28 heteroatoms. The van der Waals surface area contributed by atoms with Gasteiger partial charge in [0.1, 0.15) is 42.3 Å². The number of carbonyl (C=O) groups excluding carboxylic acids is 7. The first kappa shape index (κ1) is 62.4. The molecule has 410 valence electrons. The lowest BCUT2D eigenvalue weighted by atomic mass is 10.0. The molecule has 74 heavy (non-hydrogen) atoms. The highest BCUT2D eigenvalue weighted by atomic mass is 16.4. The molecule has 0 bridgehead atoms. The Hall–Kier alpha value is -7.72. The van der Waals surface area contributed by atoms with Gasteiger partial charge in [-0.15, -0.1) is 0 Å². The van der Waals surface area contributed by atoms with E-state index in [1.807, 2.05) is 0 Å². The number of hydrogen-bond donors (Lipinski definition) is 17. The Balaban J connectivity index is 2.51. The van der Waals surface area contributed by atoms with Crippen molar-refractivity contribution < 1.29 is 79.1 Å². The van der Waals surface area contributed by atoms with Crippen LogP contribution in [0.1, 0.15) is 89.8 Å². The maximum absolute atomic E-state index is 14.4. The average molecular weight is 1050 g/mol. The van der Waals surface area contributed by atoms with Crippen molar-refractivity contribution in [1.82, 2.24) is 47.2 Å². The number of rotatable bonds is 35. The Morgan fingerprint density at radius 2 is 1.11 bits per heavy atom. The fraction of sp³-hybridized carbons (Fsp3) is 0.565. The molecule has 2 aromatic rings. The SMILES string of the molecule is CC(C)[C@H](NC(=O)[C@H](CCC(=O)O)NC(=O)[C@@H](NC(=O)[C@H](CCC(=O)O)NC(=O)[C@H](CCC[NH+]=C(N)N)NC(=O)[C@H](Cc1ccccc1)NC(=O)[C@H](Cc1cnc[nH]1)NC(=O)[C@@H](N)CCCC[NH3+])[C@@H](C)O)C(=O)O. The van der Waals surface area contributed by atoms with Crippen LogP contribution in [0.5, 0.6) is 0 Å². The van der Waals surface area contributed by atoms with Crippen LogP contribution >= 0.6 is 0 Å². The zero-order valence-corrected chi connectivity index (χ0v) is 41.8. The number of aliphatic carboxylic acids is 3. The van der Waals surface area contributed by atoms with E-state index >= 15 is 0 Å². The summed E-state index contributed by atoms with van der Waals surface area (Å²) in [6, 6.07) is -3.54. The minimum atomic E-state index is -1.93. The number of carboxylic acids is 3. The second-order valence-corrected chi connectivity index (χ2v) is 17.9. The summed E-state index contributed by atoms with van der Waals surface area (Å²) < 4.78 is 0. The summed E-state index contributed by atoms with van der Waals surface area (Å²) in [6.07, 6.45) is -0.123. The van der Waals surface area contributed by atoms with Crippen molar-refractivity contribution in [2.75, 3.05) is 13.1 Å². The molecule has 22 N–H and O–H groups in total. The summed E-state index contributed by atoms with van der Waals surface area (Å²) in [5, 5.41) is 56.2. The van der Waals surface area contributed by atoms with E-state index in [4.69, 9.17) is 17.2 Å². The minimum absolute atomic E-state index is 0.0760. The number of aromatic nitrogens is 2. The summed E-state index contributed by atoms with van der Waals surface area (Å²) in [6.45, 7) is 4.77. The zero-order chi connectivity index (χ0) is 55.5. The molecule has 1 aromatic heterocycles. The number of aromatic amines is 1. The third kappa shape index (κ3) is 23.2. The molecule has 1 aromatic carbocycles. The van der Waals surface area contributed by atoms with Gasteiger partial charge in [0, 0.05) is 37.6 Å². The number of imidazole rings is 1. The third-order valence-electron chi connectivity index (χ3n) is 11.4. The van der Waals surface area contributed by atoms with Crippen LogP contribution in [-0.4, -0.2) is 163 Å². The van der Waals surface area contributed by atoms with Crippen molar-refractivity contribution in [3.05, 3.63) is 54.1 Å². The summed E-state index contributed by atoms with van der Waals surface area (Å²) >= 11 is 0. The molecule has 0 aliphatic carbocycles. The molecule has 2 rings (SSSR count). The van der Waals surface area contributed by atoms with E-state index in [1.165, 1.54) is 26.4 Å². The standard InChI is InChI=1S/C46H72N14O14/c1-24(2)36(45(73)74)59-40(68)31(15-17-35(64)65)56-44(72)37(25(3)61)60-41(69)30(14-16-34(62)63)55-39(67)29(13-9-19-52-46(49)50)54-42(70)32(20-26-10-5-4-6-11-26)58-43(71)33(21-27-22-51-23-53-27)57-38(66)28(48)12-7-8-18-47/h4-6,10-11,22-25,28-33,36-37,61H,7-9,12-21,47-48H2,1-3H3,(H,51,53)(H,54,70)(H,55,67)(H,56,72)(H,57,66)(H,58,71)(H,59,68)(H,60,69)(H,62,63)(H,64,65)(H,73,74)(H4,49,50,52)/p+2/t25-,28+,29+,30+,31+,32+,33+,36+,37+/m1/s1. The van der Waals surface area contributed by atoms with Crippen molar-refractivity contribution in [2.45, 2.75) is 146 Å². The van der Waals surface area contributed by atoms with Crippen molar-refractivity contribution in [3.63, 3.8) is 0 Å². The Bertz CT molecular complexity index is 2210. The number of H-pyrrole nitrogens is 1. The largest absolute Gasteiger partial charge is 0.481 e. The van der Waals surface area contributed by atoms with Gasteiger partial charge in [0.05, 0.1) is 31.6 Å². The molecular formula is C46H74N14O14+2. The predicted molar refractivity (Wildman–Crippen MR) is 262 cm³/mol. The van der Waals surface area contributed by atoms with Crippen LogP contribution in [0.2, 0.25) is 0 Å². The number of guanidine groups is 1. The number of benzene rings is 1. The first-order chi connectivity index (χ1) is 34.9. The number of amides is 7. The van der Waals surface area contributed by atoms with Gasteiger partial charge in [-0.05, 0) is 63.4 Å². The van der Waals surface area contributed by atoms with Gasteiger partial charge in [-0.1, -0.05) is 44.2 Å². The fourth-order valence-corrected chi connectivity index (χ4v) is 7.22. The summed E-state index contributed by atoms with van der Waals surface area (Å²) in [5.41, 5.74) is 22.1. The smallest absolute Gasteiger partial charge is 0.338 e. The summed E-state index contributed by atoms with van der Waals surface area (Å²) in [7, 11) is 0. The molecule has 0 saturated carbocycles. The van der Waals surface area contributed by atoms with Gasteiger partial charge >= 0.3 is 23.9 Å². The van der Waals surface area contributed by atoms with Gasteiger partial charge in [-0.25, -0.2) is 9.78 Å². The molecule has 1 heterocycles. The number of nitrogens with one attached hydrogen (secondary N) is 9. The third-order valence-corrected chi connectivity index (χ3v) is 11.4. The van der Waals surface area contributed by atoms with Crippen LogP contribution in [0.15, 0.2) is 42.9 Å². The maximum Gasteiger partial charge on any atom is 0.338 e. The molecule has 0 aliphatic rings. The quantitative estimate of drug-likeness (QED) is 0.0173. The van der Waals surface area contributed by atoms with Crippen molar-refractivity contribution in [1.29, 1.82) is 0 Å². The molecule has 0 fully saturated rings. The van der Waals surface area contributed by atoms with Crippen molar-refractivity contribution >= 4 is 65.2 Å². The number of nitrogens with zero attached hydrogens (tertiary/aromatic N) is 1. The van der Waals surface area contributed by atoms with Crippen molar-refractivity contribution in [2.24, 2.45) is 23.1 Å². The Kier molecular flexibility index (Phi) is 27.3. The molecular weight excluding hydrogens is 973 g/mol. The molecule has 28 nitrogen and oxygen atoms in total. The van der Waals surface area contributed by atoms with E-state index in [9.17, 15) is 68.4 Å². The second kappa shape index (κ2) is 32.4. The fourth-order valence-electron chi connectivity index (χ4n) is 7.22. The number of carboxylic acid groups (broad SMARTS) is 3. The van der Waals surface area contributed by atoms with Crippen LogP contribution in [0.3, 0.4) is 0 Å². The molecule has 0 radical (unpaired) electrons. The first-order valence-corrected chi connectivity index (χ1v) is 24.1. The molecule has 0 spiro atoms. The van der Waals surface area contributed by atoms with E-state index in [1.54, 1.807) is 30.3 Å². The molecule has 9 atom stereocenters. The van der Waals surface area contributed by atoms with Crippen molar-refractivity contribution in [3.8, 4) is 0 Å². The Morgan fingerprint density at radius 3 is 1.59 bits per heavy atom. The maximum atomic E-state index is 14.4. The Labute approximate surface area is 426 Å². The minimum Gasteiger partial charge on any atom is -0.481 e. The normalized spacial score (nSPS) is 14.7. The lowest BCUT2D eigenvalue weighted by Gasteiger charge is -2.28. The lowest BCUT2D eigenvalue weighted by Crippen LogP contribution is -2.78. The van der Waals surface area contributed by atoms with Gasteiger partial charge in [0.25, 0.3) is 0 Å². The van der Waals surface area contributed by atoms with Crippen LogP contribution in [0.25, 0.3) is 0 Å². The van der Waals surface area contributed by atoms with E-state index in [0.717, 1.165) is 13.3 Å². The highest BCUT2D eigenvalue weighted by molar-refractivity contribution is 5.98. The molecule has 0 aliphatic heterocycles. The summed E-state index contributed by atoms with van der Waals surface area (Å²) in [4.78, 5) is 141. The molecule has 0 saturated heterocycles. The highest BCUT2D eigenvalue weighted by Gasteiger charge is 2.36. The first-order valence-electron chi connectivity index (χ1n) is 24.1. The Morgan fingerprint density at radius 1 is 0.622 bits per heavy atom. The number of quaternary nitrogens is 1. The summed E-state index contributed by atoms with van der Waals surface area (Å²) in [5.74, 6) is -11.9. The van der Waals surface area contributed by atoms with E-state index in [2.05, 4.69) is 57.9 Å². The predicted octanol–water partition coefficient (Wildman–Crippen LogP) is -6.69. The zero-order valence-electron chi connectivity index (χ0n) is 41.8. The van der Waals surface area contributed by atoms with Gasteiger partial charge in [0.2, 0.25) is 41.4 Å². The number of unbranched alkanes of at least 4 members (excludes halogenated alkanes) is 1. The van der Waals surface area contributed by atoms with Gasteiger partial charge < -0.3 is 74.1 Å². The van der Waals surface area contributed by atoms with Gasteiger partial charge in [0.15, 0.2) is 0 Å². The van der Waals surface area contributed by atoms with Crippen LogP contribution in [0, 0.1) is 5.92 Å². The number of nitrogens with two attached hydrogens (primary N) is 3. The average Bonchev–Trinajstić information content (AvgIpc) is 3.85. The van der Waals surface area contributed by atoms with Crippen LogP contribution in [0.4, 0.5) is 0 Å². The van der Waals surface area contributed by atoms with Gasteiger partial charge in [-0.3, -0.25) is 59.6 Å². The number of hydrogen-bond acceptors (Lipinski definition) is 13.